The predicted molar refractivity (Wildman–Crippen MR) is 89.6 cm³/mol. The maximum absolute atomic E-state index is 14.0. The Morgan fingerprint density at radius 1 is 1.30 bits per heavy atom. The smallest absolute Gasteiger partial charge is 0.243 e. The van der Waals surface area contributed by atoms with Crippen LogP contribution in [-0.2, 0) is 24.2 Å². The largest absolute Gasteiger partial charge is 0.291 e. The van der Waals surface area contributed by atoms with Gasteiger partial charge in [-0.25, -0.2) is 9.37 Å². The minimum Gasteiger partial charge on any atom is -0.291 e. The van der Waals surface area contributed by atoms with E-state index in [1.807, 2.05) is 6.07 Å². The molecule has 120 valence electrons. The van der Waals surface area contributed by atoms with Crippen molar-refractivity contribution in [1.29, 1.82) is 0 Å². The molecule has 2 aromatic rings. The molecule has 0 saturated heterocycles. The third-order valence-electron chi connectivity index (χ3n) is 4.03. The van der Waals surface area contributed by atoms with Gasteiger partial charge >= 0.3 is 0 Å². The molecule has 6 heteroatoms. The highest BCUT2D eigenvalue weighted by Crippen LogP contribution is 2.27. The van der Waals surface area contributed by atoms with Gasteiger partial charge in [0.2, 0.25) is 5.91 Å². The van der Waals surface area contributed by atoms with E-state index >= 15 is 0 Å². The Morgan fingerprint density at radius 2 is 2.09 bits per heavy atom. The first-order chi connectivity index (χ1) is 11.1. The number of anilines is 1. The summed E-state index contributed by atoms with van der Waals surface area (Å²) >= 11 is 11.8. The Morgan fingerprint density at radius 3 is 2.83 bits per heavy atom. The molecule has 1 aromatic carbocycles. The highest BCUT2D eigenvalue weighted by molar-refractivity contribution is 6.31. The van der Waals surface area contributed by atoms with E-state index in [-0.39, 0.29) is 28.9 Å². The van der Waals surface area contributed by atoms with Crippen molar-refractivity contribution < 1.29 is 9.18 Å². The molecule has 0 spiro atoms. The summed E-state index contributed by atoms with van der Waals surface area (Å²) in [5, 5.41) is 0.276. The first-order valence-electron chi connectivity index (χ1n) is 7.37. The summed E-state index contributed by atoms with van der Waals surface area (Å²) in [4.78, 5) is 18.0. The number of amides is 1. The number of nitrogens with zero attached hydrogens (tertiary/aromatic N) is 2. The predicted octanol–water partition coefficient (Wildman–Crippen LogP) is 4.13. The van der Waals surface area contributed by atoms with Crippen LogP contribution in [0.5, 0.6) is 0 Å². The molecule has 0 bridgehead atoms. The van der Waals surface area contributed by atoms with Crippen molar-refractivity contribution in [2.24, 2.45) is 0 Å². The van der Waals surface area contributed by atoms with Gasteiger partial charge in [0.1, 0.15) is 17.5 Å². The standard InChI is InChI=1S/C17H15Cl2FN2O/c18-8-17(23)22(10-13-14(19)5-2-6-15(13)20)16-7-11-3-1-4-12(11)9-21-16/h2,5-7,9H,1,3-4,8,10H2. The first kappa shape index (κ1) is 16.2. The molecular formula is C17H15Cl2FN2O. The van der Waals surface area contributed by atoms with Crippen LogP contribution in [0.15, 0.2) is 30.5 Å². The molecule has 0 unspecified atom stereocenters. The van der Waals surface area contributed by atoms with Crippen LogP contribution in [0.25, 0.3) is 0 Å². The van der Waals surface area contributed by atoms with E-state index < -0.39 is 5.82 Å². The Labute approximate surface area is 144 Å². The zero-order valence-corrected chi connectivity index (χ0v) is 13.9. The van der Waals surface area contributed by atoms with Gasteiger partial charge in [-0.15, -0.1) is 11.6 Å². The summed E-state index contributed by atoms with van der Waals surface area (Å²) in [6.07, 6.45) is 4.84. The van der Waals surface area contributed by atoms with Gasteiger partial charge < -0.3 is 0 Å². The highest BCUT2D eigenvalue weighted by atomic mass is 35.5. The number of halogens is 3. The second-order valence-corrected chi connectivity index (χ2v) is 6.15. The fourth-order valence-corrected chi connectivity index (χ4v) is 3.17. The highest BCUT2D eigenvalue weighted by Gasteiger charge is 2.22. The fraction of sp³-hybridized carbons (Fsp3) is 0.294. The van der Waals surface area contributed by atoms with Crippen molar-refractivity contribution in [1.82, 2.24) is 4.98 Å². The van der Waals surface area contributed by atoms with Crippen molar-refractivity contribution >= 4 is 34.9 Å². The second-order valence-electron chi connectivity index (χ2n) is 5.48. The minimum atomic E-state index is -0.453. The van der Waals surface area contributed by atoms with Gasteiger partial charge in [-0.1, -0.05) is 17.7 Å². The van der Waals surface area contributed by atoms with Crippen molar-refractivity contribution in [3.8, 4) is 0 Å². The van der Waals surface area contributed by atoms with E-state index in [1.165, 1.54) is 28.2 Å². The summed E-state index contributed by atoms with van der Waals surface area (Å²) in [7, 11) is 0. The van der Waals surface area contributed by atoms with E-state index in [9.17, 15) is 9.18 Å². The monoisotopic (exact) mass is 352 g/mol. The lowest BCUT2D eigenvalue weighted by molar-refractivity contribution is -0.116. The van der Waals surface area contributed by atoms with E-state index in [0.717, 1.165) is 19.3 Å². The zero-order valence-electron chi connectivity index (χ0n) is 12.4. The number of hydrogen-bond donors (Lipinski definition) is 0. The number of aryl methyl sites for hydroxylation is 2. The maximum Gasteiger partial charge on any atom is 0.243 e. The number of carbonyl (C=O) groups is 1. The van der Waals surface area contributed by atoms with Crippen molar-refractivity contribution in [3.63, 3.8) is 0 Å². The van der Waals surface area contributed by atoms with Crippen LogP contribution in [0.2, 0.25) is 5.02 Å². The van der Waals surface area contributed by atoms with Crippen LogP contribution in [0.3, 0.4) is 0 Å². The quantitative estimate of drug-likeness (QED) is 0.775. The molecule has 0 aliphatic heterocycles. The lowest BCUT2D eigenvalue weighted by Crippen LogP contribution is -2.32. The number of hydrogen-bond acceptors (Lipinski definition) is 2. The van der Waals surface area contributed by atoms with E-state index in [2.05, 4.69) is 4.98 Å². The number of rotatable bonds is 4. The van der Waals surface area contributed by atoms with Gasteiger partial charge in [-0.3, -0.25) is 9.69 Å². The van der Waals surface area contributed by atoms with Crippen molar-refractivity contribution in [2.45, 2.75) is 25.8 Å². The summed E-state index contributed by atoms with van der Waals surface area (Å²) < 4.78 is 14.0. The van der Waals surface area contributed by atoms with Crippen LogP contribution in [-0.4, -0.2) is 16.8 Å². The van der Waals surface area contributed by atoms with Gasteiger partial charge in [0.15, 0.2) is 0 Å². The molecular weight excluding hydrogens is 338 g/mol. The molecule has 1 aromatic heterocycles. The topological polar surface area (TPSA) is 33.2 Å². The Balaban J connectivity index is 1.97. The zero-order chi connectivity index (χ0) is 16.4. The lowest BCUT2D eigenvalue weighted by atomic mass is 10.1. The van der Waals surface area contributed by atoms with E-state index in [0.29, 0.717) is 5.82 Å². The molecule has 3 rings (SSSR count). The summed E-state index contributed by atoms with van der Waals surface area (Å²) in [5.74, 6) is -0.511. The summed E-state index contributed by atoms with van der Waals surface area (Å²) in [6.45, 7) is 0.00282. The van der Waals surface area contributed by atoms with Gasteiger partial charge in [-0.2, -0.15) is 0 Å². The van der Waals surface area contributed by atoms with Crippen LogP contribution >= 0.6 is 23.2 Å². The molecule has 1 heterocycles. The Bertz CT molecular complexity index is 731. The number of alkyl halides is 1. The number of aromatic nitrogens is 1. The number of pyridine rings is 1. The van der Waals surface area contributed by atoms with Gasteiger partial charge in [0.05, 0.1) is 6.54 Å². The van der Waals surface area contributed by atoms with Crippen molar-refractivity contribution in [3.05, 3.63) is 58.0 Å². The molecule has 0 saturated carbocycles. The average Bonchev–Trinajstić information content (AvgIpc) is 3.01. The normalized spacial score (nSPS) is 13.0. The fourth-order valence-electron chi connectivity index (χ4n) is 2.80. The summed E-state index contributed by atoms with van der Waals surface area (Å²) in [5.41, 5.74) is 2.65. The van der Waals surface area contributed by atoms with Crippen LogP contribution < -0.4 is 4.90 Å². The summed E-state index contributed by atoms with van der Waals surface area (Å²) in [6, 6.07) is 6.34. The third-order valence-corrected chi connectivity index (χ3v) is 4.61. The molecule has 0 radical (unpaired) electrons. The second kappa shape index (κ2) is 6.85. The average molecular weight is 353 g/mol. The van der Waals surface area contributed by atoms with Gasteiger partial charge in [-0.05, 0) is 48.6 Å². The molecule has 0 atom stereocenters. The first-order valence-corrected chi connectivity index (χ1v) is 8.28. The van der Waals surface area contributed by atoms with E-state index in [4.69, 9.17) is 23.2 Å². The lowest BCUT2D eigenvalue weighted by Gasteiger charge is -2.22. The number of carbonyl (C=O) groups excluding carboxylic acids is 1. The van der Waals surface area contributed by atoms with Gasteiger partial charge in [0.25, 0.3) is 0 Å². The maximum atomic E-state index is 14.0. The van der Waals surface area contributed by atoms with Gasteiger partial charge in [0, 0.05) is 16.8 Å². The SMILES string of the molecule is O=C(CCl)N(Cc1c(F)cccc1Cl)c1cc2c(cn1)CCC2. The molecule has 1 aliphatic carbocycles. The molecule has 0 N–H and O–H groups in total. The Kier molecular flexibility index (Phi) is 4.83. The van der Waals surface area contributed by atoms with Crippen molar-refractivity contribution in [2.75, 3.05) is 10.8 Å². The molecule has 23 heavy (non-hydrogen) atoms. The Hall–Kier alpha value is -1.65. The molecule has 0 fully saturated rings. The molecule has 1 aliphatic rings. The minimum absolute atomic E-state index is 0.00282. The number of benzene rings is 1. The van der Waals surface area contributed by atoms with E-state index in [1.54, 1.807) is 12.3 Å². The number of fused-ring (bicyclic) bond motifs is 1. The van der Waals surface area contributed by atoms with Crippen LogP contribution in [0.1, 0.15) is 23.1 Å². The van der Waals surface area contributed by atoms with Crippen LogP contribution in [0.4, 0.5) is 10.2 Å². The third kappa shape index (κ3) is 3.33. The molecule has 3 nitrogen and oxygen atoms in total. The molecule has 1 amide bonds. The van der Waals surface area contributed by atoms with Crippen LogP contribution in [0, 0.1) is 5.82 Å².